The Bertz CT molecular complexity index is 1160. The van der Waals surface area contributed by atoms with E-state index in [1.807, 2.05) is 6.07 Å². The molecule has 2 heterocycles. The molecule has 3 aromatic rings. The smallest absolute Gasteiger partial charge is 0.360 e. The fourth-order valence-electron chi connectivity index (χ4n) is 3.47. The van der Waals surface area contributed by atoms with Crippen LogP contribution in [0.15, 0.2) is 42.6 Å². The van der Waals surface area contributed by atoms with Crippen LogP contribution < -0.4 is 5.32 Å². The fraction of sp³-hybridized carbons (Fsp3) is 0.200. The van der Waals surface area contributed by atoms with E-state index in [1.54, 1.807) is 18.3 Å². The molecule has 1 fully saturated rings. The monoisotopic (exact) mass is 455 g/mol. The van der Waals surface area contributed by atoms with Crippen molar-refractivity contribution in [1.82, 2.24) is 15.2 Å². The molecule has 0 saturated carbocycles. The van der Waals surface area contributed by atoms with Crippen LogP contribution in [0.2, 0.25) is 10.0 Å². The number of para-hydroxylation sites is 1. The van der Waals surface area contributed by atoms with Crippen LogP contribution in [0.3, 0.4) is 0 Å². The van der Waals surface area contributed by atoms with Crippen LogP contribution in [0.5, 0.6) is 0 Å². The normalized spacial score (nSPS) is 17.1. The number of hydrogen-bond acceptors (Lipinski definition) is 2. The van der Waals surface area contributed by atoms with E-state index >= 15 is 0 Å². The predicted molar refractivity (Wildman–Crippen MR) is 106 cm³/mol. The summed E-state index contributed by atoms with van der Waals surface area (Å²) in [6.07, 6.45) is -2.64. The molecule has 1 aromatic heterocycles. The maximum Gasteiger partial charge on any atom is 0.416 e. The Morgan fingerprint density at radius 3 is 2.53 bits per heavy atom. The lowest BCUT2D eigenvalue weighted by Gasteiger charge is -2.16. The lowest BCUT2D eigenvalue weighted by atomic mass is 10.0. The number of halogens is 5. The van der Waals surface area contributed by atoms with Gasteiger partial charge in [-0.2, -0.15) is 13.2 Å². The highest BCUT2D eigenvalue weighted by atomic mass is 35.5. The number of H-pyrrole nitrogens is 1. The minimum atomic E-state index is -4.56. The van der Waals surface area contributed by atoms with E-state index in [0.717, 1.165) is 39.6 Å². The number of carbonyl (C=O) groups is 2. The first-order chi connectivity index (χ1) is 14.1. The van der Waals surface area contributed by atoms with Crippen LogP contribution in [0, 0.1) is 0 Å². The van der Waals surface area contributed by atoms with Gasteiger partial charge in [-0.25, -0.2) is 4.79 Å². The second-order valence-electron chi connectivity index (χ2n) is 6.91. The quantitative estimate of drug-likeness (QED) is 0.533. The zero-order valence-electron chi connectivity index (χ0n) is 15.2. The molecule has 10 heteroatoms. The number of urea groups is 1. The molecule has 2 N–H and O–H groups in total. The molecule has 0 unspecified atom stereocenters. The maximum absolute atomic E-state index is 13.0. The molecule has 0 aliphatic carbocycles. The highest BCUT2D eigenvalue weighted by Gasteiger charge is 2.39. The van der Waals surface area contributed by atoms with Crippen molar-refractivity contribution in [2.45, 2.75) is 25.2 Å². The summed E-state index contributed by atoms with van der Waals surface area (Å²) in [5.74, 6) is -0.537. The summed E-state index contributed by atoms with van der Waals surface area (Å²) in [5, 5.41) is 3.97. The predicted octanol–water partition coefficient (Wildman–Crippen LogP) is 5.16. The molecule has 1 atom stereocenters. The van der Waals surface area contributed by atoms with E-state index < -0.39 is 29.7 Å². The maximum atomic E-state index is 13.0. The van der Waals surface area contributed by atoms with Gasteiger partial charge in [0.05, 0.1) is 22.6 Å². The van der Waals surface area contributed by atoms with Crippen molar-refractivity contribution in [3.05, 3.63) is 69.3 Å². The Labute approximate surface area is 178 Å². The highest BCUT2D eigenvalue weighted by Crippen LogP contribution is 2.33. The van der Waals surface area contributed by atoms with Gasteiger partial charge in [0.1, 0.15) is 6.04 Å². The van der Waals surface area contributed by atoms with Gasteiger partial charge in [0.2, 0.25) is 0 Å². The van der Waals surface area contributed by atoms with Crippen molar-refractivity contribution in [3.8, 4) is 0 Å². The van der Waals surface area contributed by atoms with Gasteiger partial charge in [-0.1, -0.05) is 35.3 Å². The third kappa shape index (κ3) is 3.73. The number of aromatic amines is 1. The molecule has 4 rings (SSSR count). The number of rotatable bonds is 4. The standard InChI is InChI=1S/C20H14Cl2F3N3O2/c21-14-5-4-12(20(23,24)25)6-11(14)9-28-18(29)16(27-19(28)30)7-10-8-26-17-13(10)2-1-3-15(17)22/h1-6,8,16,26H,7,9H2,(H,27,30)/t16-/m1/s1. The van der Waals surface area contributed by atoms with E-state index in [2.05, 4.69) is 10.3 Å². The number of alkyl halides is 3. The summed E-state index contributed by atoms with van der Waals surface area (Å²) in [6.45, 7) is -0.358. The van der Waals surface area contributed by atoms with Crippen LogP contribution in [0.1, 0.15) is 16.7 Å². The molecule has 5 nitrogen and oxygen atoms in total. The van der Waals surface area contributed by atoms with E-state index in [1.165, 1.54) is 0 Å². The van der Waals surface area contributed by atoms with Gasteiger partial charge < -0.3 is 10.3 Å². The largest absolute Gasteiger partial charge is 0.416 e. The van der Waals surface area contributed by atoms with E-state index in [4.69, 9.17) is 23.2 Å². The minimum absolute atomic E-state index is 0.0366. The SMILES string of the molecule is O=C1N[C@H](Cc2c[nH]c3c(Cl)cccc23)C(=O)N1Cc1cc(C(F)(F)F)ccc1Cl. The molecule has 1 saturated heterocycles. The lowest BCUT2D eigenvalue weighted by Crippen LogP contribution is -2.32. The average molecular weight is 456 g/mol. The number of hydrogen-bond donors (Lipinski definition) is 2. The van der Waals surface area contributed by atoms with E-state index in [0.29, 0.717) is 5.02 Å². The molecular formula is C20H14Cl2F3N3O2. The number of fused-ring (bicyclic) bond motifs is 1. The number of benzene rings is 2. The number of nitrogens with one attached hydrogen (secondary N) is 2. The second kappa shape index (κ2) is 7.52. The van der Waals surface area contributed by atoms with Gasteiger partial charge in [0, 0.05) is 23.0 Å². The zero-order valence-corrected chi connectivity index (χ0v) is 16.7. The zero-order chi connectivity index (χ0) is 21.6. The van der Waals surface area contributed by atoms with Crippen molar-refractivity contribution in [2.24, 2.45) is 0 Å². The van der Waals surface area contributed by atoms with Crippen LogP contribution in [-0.2, 0) is 23.9 Å². The summed E-state index contributed by atoms with van der Waals surface area (Å²) in [6, 6.07) is 6.61. The first-order valence-corrected chi connectivity index (χ1v) is 9.62. The Hall–Kier alpha value is -2.71. The number of nitrogens with zero attached hydrogens (tertiary/aromatic N) is 1. The van der Waals surface area contributed by atoms with Crippen LogP contribution >= 0.6 is 23.2 Å². The molecule has 2 aromatic carbocycles. The van der Waals surface area contributed by atoms with Gasteiger partial charge >= 0.3 is 12.2 Å². The summed E-state index contributed by atoms with van der Waals surface area (Å²) >= 11 is 12.1. The number of carbonyl (C=O) groups excluding carboxylic acids is 2. The molecular weight excluding hydrogens is 442 g/mol. The van der Waals surface area contributed by atoms with Crippen LogP contribution in [0.4, 0.5) is 18.0 Å². The third-order valence-electron chi connectivity index (χ3n) is 4.98. The second-order valence-corrected chi connectivity index (χ2v) is 7.73. The first-order valence-electron chi connectivity index (χ1n) is 8.87. The summed E-state index contributed by atoms with van der Waals surface area (Å²) < 4.78 is 38.9. The van der Waals surface area contributed by atoms with Gasteiger partial charge in [-0.15, -0.1) is 0 Å². The average Bonchev–Trinajstić information content (AvgIpc) is 3.20. The van der Waals surface area contributed by atoms with E-state index in [-0.39, 0.29) is 23.6 Å². The summed E-state index contributed by atoms with van der Waals surface area (Å²) in [4.78, 5) is 29.0. The first kappa shape index (κ1) is 20.6. The molecule has 156 valence electrons. The number of amides is 3. The van der Waals surface area contributed by atoms with Gasteiger partial charge in [-0.05, 0) is 35.4 Å². The number of imide groups is 1. The Morgan fingerprint density at radius 1 is 1.03 bits per heavy atom. The minimum Gasteiger partial charge on any atom is -0.360 e. The molecule has 30 heavy (non-hydrogen) atoms. The van der Waals surface area contributed by atoms with Gasteiger partial charge in [0.15, 0.2) is 0 Å². The van der Waals surface area contributed by atoms with Crippen LogP contribution in [-0.4, -0.2) is 27.9 Å². The fourth-order valence-corrected chi connectivity index (χ4v) is 3.88. The lowest BCUT2D eigenvalue weighted by molar-refractivity contribution is -0.137. The molecule has 3 amide bonds. The molecule has 0 radical (unpaired) electrons. The molecule has 0 bridgehead atoms. The van der Waals surface area contributed by atoms with Crippen molar-refractivity contribution in [3.63, 3.8) is 0 Å². The Balaban J connectivity index is 1.55. The summed E-state index contributed by atoms with van der Waals surface area (Å²) in [5.41, 5.74) is 0.638. The van der Waals surface area contributed by atoms with Crippen molar-refractivity contribution < 1.29 is 22.8 Å². The third-order valence-corrected chi connectivity index (χ3v) is 5.67. The van der Waals surface area contributed by atoms with Gasteiger partial charge in [0.25, 0.3) is 5.91 Å². The van der Waals surface area contributed by atoms with Crippen molar-refractivity contribution in [1.29, 1.82) is 0 Å². The van der Waals surface area contributed by atoms with Crippen molar-refractivity contribution in [2.75, 3.05) is 0 Å². The topological polar surface area (TPSA) is 65.2 Å². The van der Waals surface area contributed by atoms with E-state index in [9.17, 15) is 22.8 Å². The number of aromatic nitrogens is 1. The summed E-state index contributed by atoms with van der Waals surface area (Å²) in [7, 11) is 0. The molecule has 1 aliphatic heterocycles. The Kier molecular flexibility index (Phi) is 5.15. The molecule has 0 spiro atoms. The highest BCUT2D eigenvalue weighted by molar-refractivity contribution is 6.35. The van der Waals surface area contributed by atoms with Crippen LogP contribution in [0.25, 0.3) is 10.9 Å². The van der Waals surface area contributed by atoms with Crippen molar-refractivity contribution >= 4 is 46.0 Å². The Morgan fingerprint density at radius 2 is 1.80 bits per heavy atom. The molecule has 1 aliphatic rings. The van der Waals surface area contributed by atoms with Gasteiger partial charge in [-0.3, -0.25) is 9.69 Å².